The van der Waals surface area contributed by atoms with E-state index in [9.17, 15) is 10.1 Å². The van der Waals surface area contributed by atoms with Crippen LogP contribution in [0.1, 0.15) is 27.4 Å². The monoisotopic (exact) mass is 436 g/mol. The first-order chi connectivity index (χ1) is 14.5. The van der Waals surface area contributed by atoms with Gasteiger partial charge in [-0.1, -0.05) is 47.5 Å². The van der Waals surface area contributed by atoms with Crippen LogP contribution in [0.4, 0.5) is 0 Å². The maximum absolute atomic E-state index is 11.1. The molecule has 7 heteroatoms. The average molecular weight is 437 g/mol. The van der Waals surface area contributed by atoms with Gasteiger partial charge in [-0.3, -0.25) is 0 Å². The van der Waals surface area contributed by atoms with Crippen molar-refractivity contribution in [2.24, 2.45) is 0 Å². The lowest BCUT2D eigenvalue weighted by molar-refractivity contribution is 0.0660. The van der Waals surface area contributed by atoms with Crippen molar-refractivity contribution in [2.75, 3.05) is 0 Å². The molecule has 30 heavy (non-hydrogen) atoms. The van der Waals surface area contributed by atoms with Gasteiger partial charge in [0.2, 0.25) is 5.76 Å². The maximum Gasteiger partial charge on any atom is 0.371 e. The Morgan fingerprint density at radius 2 is 1.97 bits per heavy atom. The van der Waals surface area contributed by atoms with Crippen molar-refractivity contribution in [3.8, 4) is 6.07 Å². The molecule has 5 nitrogen and oxygen atoms in total. The zero-order chi connectivity index (χ0) is 21.3. The van der Waals surface area contributed by atoms with Gasteiger partial charge in [0.05, 0.1) is 23.2 Å². The third-order valence-electron chi connectivity index (χ3n) is 4.66. The van der Waals surface area contributed by atoms with Crippen LogP contribution in [0.5, 0.6) is 0 Å². The van der Waals surface area contributed by atoms with E-state index >= 15 is 0 Å². The summed E-state index contributed by atoms with van der Waals surface area (Å²) in [5, 5.41) is 20.6. The van der Waals surface area contributed by atoms with Crippen LogP contribution in [-0.2, 0) is 6.54 Å². The Hall–Kier alpha value is -3.46. The van der Waals surface area contributed by atoms with E-state index in [4.69, 9.17) is 32.7 Å². The Balaban J connectivity index is 1.78. The molecule has 0 aliphatic carbocycles. The van der Waals surface area contributed by atoms with Gasteiger partial charge < -0.3 is 14.1 Å². The van der Waals surface area contributed by atoms with Crippen LogP contribution in [0.3, 0.4) is 0 Å². The maximum atomic E-state index is 11.1. The number of allylic oxidation sites excluding steroid dienone is 1. The molecule has 0 atom stereocenters. The van der Waals surface area contributed by atoms with Crippen molar-refractivity contribution < 1.29 is 14.3 Å². The number of rotatable bonds is 5. The smallest absolute Gasteiger partial charge is 0.371 e. The molecule has 0 amide bonds. The van der Waals surface area contributed by atoms with E-state index < -0.39 is 5.97 Å². The van der Waals surface area contributed by atoms with Gasteiger partial charge in [0.1, 0.15) is 5.76 Å². The SMILES string of the molecule is N#C/C(=C/c1cn(Cc2ccc(C(=O)O)o2)c2ccccc12)c1ccc(Cl)cc1Cl. The molecule has 2 aromatic carbocycles. The zero-order valence-electron chi connectivity index (χ0n) is 15.5. The summed E-state index contributed by atoms with van der Waals surface area (Å²) in [4.78, 5) is 11.1. The van der Waals surface area contributed by atoms with Crippen LogP contribution in [0.15, 0.2) is 65.2 Å². The number of carboxylic acid groups (broad SMARTS) is 1. The van der Waals surface area contributed by atoms with Crippen molar-refractivity contribution in [3.63, 3.8) is 0 Å². The minimum absolute atomic E-state index is 0.106. The van der Waals surface area contributed by atoms with Crippen molar-refractivity contribution in [3.05, 3.63) is 93.5 Å². The fourth-order valence-corrected chi connectivity index (χ4v) is 3.81. The number of benzene rings is 2. The van der Waals surface area contributed by atoms with Gasteiger partial charge in [-0.15, -0.1) is 0 Å². The number of carboxylic acids is 1. The predicted octanol–water partition coefficient (Wildman–Crippen LogP) is 6.35. The van der Waals surface area contributed by atoms with Gasteiger partial charge in [0.25, 0.3) is 0 Å². The molecule has 0 radical (unpaired) electrons. The van der Waals surface area contributed by atoms with Crippen LogP contribution in [-0.4, -0.2) is 15.6 Å². The fourth-order valence-electron chi connectivity index (χ4n) is 3.30. The van der Waals surface area contributed by atoms with Gasteiger partial charge in [-0.25, -0.2) is 4.79 Å². The fraction of sp³-hybridized carbons (Fsp3) is 0.0435. The number of hydrogen-bond donors (Lipinski definition) is 1. The minimum atomic E-state index is -1.11. The highest BCUT2D eigenvalue weighted by Crippen LogP contribution is 2.31. The number of fused-ring (bicyclic) bond motifs is 1. The summed E-state index contributed by atoms with van der Waals surface area (Å²) in [6.45, 7) is 0.352. The molecule has 0 fully saturated rings. The van der Waals surface area contributed by atoms with E-state index in [-0.39, 0.29) is 5.76 Å². The first-order valence-electron chi connectivity index (χ1n) is 8.93. The second-order valence-electron chi connectivity index (χ2n) is 6.59. The predicted molar refractivity (Wildman–Crippen MR) is 117 cm³/mol. The zero-order valence-corrected chi connectivity index (χ0v) is 17.0. The molecule has 2 aromatic heterocycles. The van der Waals surface area contributed by atoms with Gasteiger partial charge in [-0.05, 0) is 36.4 Å². The first-order valence-corrected chi connectivity index (χ1v) is 9.69. The van der Waals surface area contributed by atoms with E-state index in [0.29, 0.717) is 33.5 Å². The number of nitrogens with zero attached hydrogens (tertiary/aromatic N) is 2. The average Bonchev–Trinajstić information content (AvgIpc) is 3.33. The van der Waals surface area contributed by atoms with Crippen LogP contribution < -0.4 is 0 Å². The molecular weight excluding hydrogens is 423 g/mol. The van der Waals surface area contributed by atoms with E-state index in [1.54, 1.807) is 30.3 Å². The van der Waals surface area contributed by atoms with Crippen LogP contribution in [0, 0.1) is 11.3 Å². The van der Waals surface area contributed by atoms with Gasteiger partial charge in [0, 0.05) is 33.2 Å². The summed E-state index contributed by atoms with van der Waals surface area (Å²) in [5.41, 5.74) is 2.76. The van der Waals surface area contributed by atoms with E-state index in [1.165, 1.54) is 6.07 Å². The summed E-state index contributed by atoms with van der Waals surface area (Å²) in [5.74, 6) is -0.698. The first kappa shape index (κ1) is 19.8. The summed E-state index contributed by atoms with van der Waals surface area (Å²) in [6, 6.07) is 18.0. The second-order valence-corrected chi connectivity index (χ2v) is 7.44. The molecule has 0 bridgehead atoms. The molecule has 0 aliphatic rings. The molecule has 0 aliphatic heterocycles. The highest BCUT2D eigenvalue weighted by atomic mass is 35.5. The van der Waals surface area contributed by atoms with Crippen LogP contribution in [0.25, 0.3) is 22.6 Å². The lowest BCUT2D eigenvalue weighted by Gasteiger charge is -2.03. The third-order valence-corrected chi connectivity index (χ3v) is 5.21. The summed E-state index contributed by atoms with van der Waals surface area (Å²) < 4.78 is 7.34. The summed E-state index contributed by atoms with van der Waals surface area (Å²) >= 11 is 12.3. The number of halogens is 2. The Labute approximate surface area is 182 Å². The second kappa shape index (κ2) is 8.11. The molecule has 4 rings (SSSR count). The van der Waals surface area contributed by atoms with Gasteiger partial charge in [0.15, 0.2) is 0 Å². The van der Waals surface area contributed by atoms with E-state index in [2.05, 4.69) is 6.07 Å². The van der Waals surface area contributed by atoms with E-state index in [0.717, 1.165) is 16.5 Å². The largest absolute Gasteiger partial charge is 0.475 e. The van der Waals surface area contributed by atoms with Crippen LogP contribution >= 0.6 is 23.2 Å². The molecular formula is C23H14Cl2N2O3. The number of para-hydroxylation sites is 1. The number of nitriles is 1. The number of aromatic carboxylic acids is 1. The Bertz CT molecular complexity index is 1340. The standard InChI is InChI=1S/C23H14Cl2N2O3/c24-16-5-7-18(20(25)10-16)14(11-26)9-15-12-27(21-4-2-1-3-19(15)21)13-17-6-8-22(30-17)23(28)29/h1-10,12H,13H2,(H,28,29)/b14-9-. The molecule has 0 spiro atoms. The molecule has 4 aromatic rings. The molecule has 2 heterocycles. The van der Waals surface area contributed by atoms with Crippen molar-refractivity contribution in [2.45, 2.75) is 6.54 Å². The quantitative estimate of drug-likeness (QED) is 0.369. The Morgan fingerprint density at radius 3 is 2.67 bits per heavy atom. The number of furan rings is 1. The van der Waals surface area contributed by atoms with Crippen molar-refractivity contribution in [1.82, 2.24) is 4.57 Å². The molecule has 1 N–H and O–H groups in total. The lowest BCUT2D eigenvalue weighted by Crippen LogP contribution is -1.97. The van der Waals surface area contributed by atoms with Crippen LogP contribution in [0.2, 0.25) is 10.0 Å². The molecule has 148 valence electrons. The van der Waals surface area contributed by atoms with Crippen molar-refractivity contribution in [1.29, 1.82) is 5.26 Å². The lowest BCUT2D eigenvalue weighted by atomic mass is 10.0. The normalized spacial score (nSPS) is 11.6. The minimum Gasteiger partial charge on any atom is -0.475 e. The highest BCUT2D eigenvalue weighted by Gasteiger charge is 2.13. The number of hydrogen-bond acceptors (Lipinski definition) is 3. The summed E-state index contributed by atoms with van der Waals surface area (Å²) in [6.07, 6.45) is 3.67. The van der Waals surface area contributed by atoms with Crippen molar-refractivity contribution >= 4 is 51.7 Å². The Morgan fingerprint density at radius 1 is 1.17 bits per heavy atom. The Kier molecular flexibility index (Phi) is 5.37. The topological polar surface area (TPSA) is 79.2 Å². The third kappa shape index (κ3) is 3.84. The van der Waals surface area contributed by atoms with Gasteiger partial charge in [-0.2, -0.15) is 5.26 Å². The van der Waals surface area contributed by atoms with E-state index in [1.807, 2.05) is 35.0 Å². The molecule has 0 unspecified atom stereocenters. The highest BCUT2D eigenvalue weighted by molar-refractivity contribution is 6.36. The molecule has 0 saturated heterocycles. The summed E-state index contributed by atoms with van der Waals surface area (Å²) in [7, 11) is 0. The van der Waals surface area contributed by atoms with Gasteiger partial charge >= 0.3 is 5.97 Å². The molecule has 0 saturated carbocycles. The number of aromatic nitrogens is 1. The number of carbonyl (C=O) groups is 1.